The molecule has 3 rings (SSSR count). The number of aryl methyl sites for hydroxylation is 1. The zero-order chi connectivity index (χ0) is 15.5. The summed E-state index contributed by atoms with van der Waals surface area (Å²) < 4.78 is 13.6. The van der Waals surface area contributed by atoms with Crippen LogP contribution in [-0.2, 0) is 19.4 Å². The summed E-state index contributed by atoms with van der Waals surface area (Å²) >= 11 is 1.76. The molecule has 0 aliphatic heterocycles. The number of benzene rings is 1. The Labute approximate surface area is 134 Å². The number of aromatic nitrogens is 1. The molecule has 1 aromatic heterocycles. The largest absolute Gasteiger partial charge is 0.387 e. The topological polar surface area (TPSA) is 45.2 Å². The van der Waals surface area contributed by atoms with Gasteiger partial charge in [-0.2, -0.15) is 0 Å². The van der Waals surface area contributed by atoms with E-state index in [4.69, 9.17) is 0 Å². The van der Waals surface area contributed by atoms with E-state index in [1.54, 1.807) is 29.5 Å². The van der Waals surface area contributed by atoms with Gasteiger partial charge in [-0.05, 0) is 31.2 Å². The summed E-state index contributed by atoms with van der Waals surface area (Å²) in [5.74, 6) is 0.382. The Morgan fingerprint density at radius 1 is 1.45 bits per heavy atom. The number of thiazole rings is 1. The first-order valence-electron chi connectivity index (χ1n) is 7.74. The molecular weight excluding hydrogens is 299 g/mol. The van der Waals surface area contributed by atoms with E-state index < -0.39 is 6.10 Å². The van der Waals surface area contributed by atoms with Gasteiger partial charge in [0.1, 0.15) is 10.8 Å². The quantitative estimate of drug-likeness (QED) is 0.889. The predicted octanol–water partition coefficient (Wildman–Crippen LogP) is 3.23. The van der Waals surface area contributed by atoms with Crippen LogP contribution in [0.4, 0.5) is 4.39 Å². The molecule has 0 saturated carbocycles. The highest BCUT2D eigenvalue weighted by molar-refractivity contribution is 7.11. The summed E-state index contributed by atoms with van der Waals surface area (Å²) in [6.07, 6.45) is 2.58. The van der Waals surface area contributed by atoms with Crippen LogP contribution < -0.4 is 5.32 Å². The number of hydrogen-bond donors (Lipinski definition) is 2. The summed E-state index contributed by atoms with van der Waals surface area (Å²) in [6.45, 7) is 3.23. The van der Waals surface area contributed by atoms with Crippen molar-refractivity contribution in [2.24, 2.45) is 5.92 Å². The minimum absolute atomic E-state index is 0.321. The summed E-state index contributed by atoms with van der Waals surface area (Å²) in [6, 6.07) is 6.34. The summed E-state index contributed by atoms with van der Waals surface area (Å²) in [5.41, 5.74) is 1.58. The summed E-state index contributed by atoms with van der Waals surface area (Å²) in [5, 5.41) is 14.3. The third kappa shape index (κ3) is 3.54. The summed E-state index contributed by atoms with van der Waals surface area (Å²) in [7, 11) is 0. The molecule has 2 unspecified atom stereocenters. The number of hydrogen-bond acceptors (Lipinski definition) is 4. The fourth-order valence-electron chi connectivity index (χ4n) is 2.84. The van der Waals surface area contributed by atoms with Gasteiger partial charge in [-0.3, -0.25) is 0 Å². The lowest BCUT2D eigenvalue weighted by molar-refractivity contribution is 0.169. The molecule has 5 heteroatoms. The van der Waals surface area contributed by atoms with Gasteiger partial charge in [0, 0.05) is 23.5 Å². The highest BCUT2D eigenvalue weighted by atomic mass is 32.1. The molecule has 0 fully saturated rings. The average Bonchev–Trinajstić information content (AvgIpc) is 2.89. The van der Waals surface area contributed by atoms with Gasteiger partial charge < -0.3 is 10.4 Å². The maximum atomic E-state index is 13.6. The van der Waals surface area contributed by atoms with Crippen LogP contribution in [0.15, 0.2) is 24.3 Å². The maximum absolute atomic E-state index is 13.6. The van der Waals surface area contributed by atoms with Gasteiger partial charge >= 0.3 is 0 Å². The van der Waals surface area contributed by atoms with Crippen LogP contribution in [-0.4, -0.2) is 16.6 Å². The lowest BCUT2D eigenvalue weighted by Gasteiger charge is -2.15. The number of aliphatic hydroxyl groups excluding tert-OH is 1. The van der Waals surface area contributed by atoms with Crippen molar-refractivity contribution in [2.75, 3.05) is 6.54 Å². The van der Waals surface area contributed by atoms with Gasteiger partial charge in [0.15, 0.2) is 0 Å². The van der Waals surface area contributed by atoms with E-state index >= 15 is 0 Å². The van der Waals surface area contributed by atoms with Gasteiger partial charge in [0.05, 0.1) is 11.8 Å². The van der Waals surface area contributed by atoms with Crippen LogP contribution in [0.1, 0.15) is 40.6 Å². The second-order valence-corrected chi connectivity index (χ2v) is 7.16. The molecule has 1 aromatic carbocycles. The van der Waals surface area contributed by atoms with Crippen LogP contribution in [0.5, 0.6) is 0 Å². The normalized spacial score (nSPS) is 19.0. The van der Waals surface area contributed by atoms with Crippen molar-refractivity contribution in [3.63, 3.8) is 0 Å². The van der Waals surface area contributed by atoms with E-state index in [1.165, 1.54) is 23.1 Å². The second-order valence-electron chi connectivity index (χ2n) is 5.99. The monoisotopic (exact) mass is 320 g/mol. The third-order valence-electron chi connectivity index (χ3n) is 4.11. The number of halogens is 1. The van der Waals surface area contributed by atoms with E-state index in [2.05, 4.69) is 17.2 Å². The molecule has 0 saturated heterocycles. The Kier molecular flexibility index (Phi) is 4.86. The molecule has 1 aliphatic rings. The van der Waals surface area contributed by atoms with Crippen LogP contribution >= 0.6 is 11.3 Å². The van der Waals surface area contributed by atoms with Crippen molar-refractivity contribution in [1.29, 1.82) is 0 Å². The molecule has 0 radical (unpaired) electrons. The Balaban J connectivity index is 1.54. The number of aliphatic hydroxyl groups is 1. The van der Waals surface area contributed by atoms with Crippen molar-refractivity contribution in [2.45, 2.75) is 38.8 Å². The average molecular weight is 320 g/mol. The van der Waals surface area contributed by atoms with Gasteiger partial charge in [-0.25, -0.2) is 9.37 Å². The zero-order valence-corrected chi connectivity index (χ0v) is 13.5. The summed E-state index contributed by atoms with van der Waals surface area (Å²) in [4.78, 5) is 6.08. The van der Waals surface area contributed by atoms with Crippen molar-refractivity contribution in [1.82, 2.24) is 10.3 Å². The molecule has 0 spiro atoms. The molecule has 1 heterocycles. The second kappa shape index (κ2) is 6.86. The first kappa shape index (κ1) is 15.6. The van der Waals surface area contributed by atoms with Gasteiger partial charge in [0.2, 0.25) is 0 Å². The van der Waals surface area contributed by atoms with Crippen molar-refractivity contribution < 1.29 is 9.50 Å². The van der Waals surface area contributed by atoms with E-state index in [-0.39, 0.29) is 5.82 Å². The van der Waals surface area contributed by atoms with E-state index in [1.807, 2.05) is 0 Å². The predicted molar refractivity (Wildman–Crippen MR) is 86.4 cm³/mol. The minimum atomic E-state index is -0.837. The van der Waals surface area contributed by atoms with Crippen LogP contribution in [0.25, 0.3) is 0 Å². The number of fused-ring (bicyclic) bond motifs is 1. The fraction of sp³-hybridized carbons (Fsp3) is 0.471. The third-order valence-corrected chi connectivity index (χ3v) is 5.23. The highest BCUT2D eigenvalue weighted by Crippen LogP contribution is 2.29. The molecule has 0 bridgehead atoms. The molecule has 2 N–H and O–H groups in total. The van der Waals surface area contributed by atoms with Crippen molar-refractivity contribution in [3.8, 4) is 0 Å². The van der Waals surface area contributed by atoms with Crippen LogP contribution in [0.2, 0.25) is 0 Å². The molecular formula is C17H21FN2OS. The van der Waals surface area contributed by atoms with E-state index in [9.17, 15) is 9.50 Å². The lowest BCUT2D eigenvalue weighted by Crippen LogP contribution is -2.21. The Hall–Kier alpha value is -1.30. The van der Waals surface area contributed by atoms with Gasteiger partial charge in [-0.1, -0.05) is 25.1 Å². The SMILES string of the molecule is CC1CCc2nc(CNCC(O)c3ccccc3F)sc2C1. The Morgan fingerprint density at radius 3 is 3.09 bits per heavy atom. The maximum Gasteiger partial charge on any atom is 0.129 e. The van der Waals surface area contributed by atoms with Crippen molar-refractivity contribution >= 4 is 11.3 Å². The first-order valence-corrected chi connectivity index (χ1v) is 8.56. The molecule has 2 atom stereocenters. The first-order chi connectivity index (χ1) is 10.6. The Bertz CT molecular complexity index is 643. The number of nitrogens with one attached hydrogen (secondary N) is 1. The van der Waals surface area contributed by atoms with Crippen LogP contribution in [0.3, 0.4) is 0 Å². The van der Waals surface area contributed by atoms with E-state index in [0.717, 1.165) is 23.8 Å². The van der Waals surface area contributed by atoms with E-state index in [0.29, 0.717) is 18.7 Å². The number of rotatable bonds is 5. The van der Waals surface area contributed by atoms with Gasteiger partial charge in [0.25, 0.3) is 0 Å². The molecule has 1 aliphatic carbocycles. The molecule has 0 amide bonds. The van der Waals surface area contributed by atoms with Crippen LogP contribution in [0, 0.1) is 11.7 Å². The lowest BCUT2D eigenvalue weighted by atomic mass is 9.93. The minimum Gasteiger partial charge on any atom is -0.387 e. The molecule has 118 valence electrons. The number of nitrogens with zero attached hydrogens (tertiary/aromatic N) is 1. The molecule has 2 aromatic rings. The smallest absolute Gasteiger partial charge is 0.129 e. The van der Waals surface area contributed by atoms with Gasteiger partial charge in [-0.15, -0.1) is 11.3 Å². The van der Waals surface area contributed by atoms with Crippen molar-refractivity contribution in [3.05, 3.63) is 51.2 Å². The zero-order valence-electron chi connectivity index (χ0n) is 12.7. The fourth-order valence-corrected chi connectivity index (χ4v) is 4.09. The molecule has 22 heavy (non-hydrogen) atoms. The Morgan fingerprint density at radius 2 is 2.27 bits per heavy atom. The molecule has 3 nitrogen and oxygen atoms in total. The highest BCUT2D eigenvalue weighted by Gasteiger charge is 2.19. The standard InChI is InChI=1S/C17H21FN2OS/c1-11-6-7-14-16(8-11)22-17(20-14)10-19-9-15(21)12-4-2-3-5-13(12)18/h2-5,11,15,19,21H,6-10H2,1H3.